The first-order valence-electron chi connectivity index (χ1n) is 3.80. The Hall–Kier alpha value is -0.540. The number of nitriles is 1. The van der Waals surface area contributed by atoms with Crippen molar-refractivity contribution in [3.8, 4) is 6.07 Å². The maximum atomic E-state index is 8.53. The van der Waals surface area contributed by atoms with Crippen LogP contribution in [0.25, 0.3) is 0 Å². The van der Waals surface area contributed by atoms with E-state index in [1.165, 1.54) is 6.20 Å². The van der Waals surface area contributed by atoms with Crippen LogP contribution < -0.4 is 40.4 Å². The first kappa shape index (κ1) is 15.9. The molecule has 14 heavy (non-hydrogen) atoms. The van der Waals surface area contributed by atoms with Crippen LogP contribution in [0.4, 0.5) is 5.82 Å². The third kappa shape index (κ3) is 3.68. The van der Waals surface area contributed by atoms with E-state index < -0.39 is 0 Å². The molecule has 0 aliphatic carbocycles. The predicted molar refractivity (Wildman–Crippen MR) is 47.7 cm³/mol. The molecule has 0 radical (unpaired) electrons. The summed E-state index contributed by atoms with van der Waals surface area (Å²) in [5, 5.41) is 20.7. The van der Waals surface area contributed by atoms with Crippen LogP contribution in [0.5, 0.6) is 0 Å². The van der Waals surface area contributed by atoms with Gasteiger partial charge in [0.25, 0.3) is 0 Å². The summed E-state index contributed by atoms with van der Waals surface area (Å²) in [4.78, 5) is 0. The Morgan fingerprint density at radius 2 is 2.07 bits per heavy atom. The Morgan fingerprint density at radius 1 is 1.57 bits per heavy atom. The Kier molecular flexibility index (Phi) is 8.89. The second kappa shape index (κ2) is 7.83. The van der Waals surface area contributed by atoms with Gasteiger partial charge in [0.1, 0.15) is 17.5 Å². The van der Waals surface area contributed by atoms with Gasteiger partial charge in [-0.05, 0) is 13.8 Å². The van der Waals surface area contributed by atoms with Gasteiger partial charge in [-0.2, -0.15) is 17.5 Å². The number of hydrogen-bond donors (Lipinski definition) is 1. The van der Waals surface area contributed by atoms with Gasteiger partial charge in [0.05, 0.1) is 6.20 Å². The fourth-order valence-corrected chi connectivity index (χ4v) is 0.869. The normalized spacial score (nSPS) is 8.29. The number of anilines is 1. The van der Waals surface area contributed by atoms with Crippen molar-refractivity contribution < 1.29 is 34.7 Å². The summed E-state index contributed by atoms with van der Waals surface area (Å²) in [6.45, 7) is 3.93. The number of nitrogens with two attached hydrogens (primary N) is 1. The Labute approximate surface area is 106 Å². The van der Waals surface area contributed by atoms with Gasteiger partial charge in [-0.25, -0.2) is 4.68 Å². The van der Waals surface area contributed by atoms with Crippen LogP contribution in [-0.2, 0) is 0 Å². The smallest absolute Gasteiger partial charge is 0.857 e. The molecule has 0 bridgehead atoms. The Morgan fingerprint density at radius 3 is 2.29 bits per heavy atom. The molecule has 0 spiro atoms. The van der Waals surface area contributed by atoms with Gasteiger partial charge in [-0.15, -0.1) is 0 Å². The number of rotatable bonds is 1. The van der Waals surface area contributed by atoms with Gasteiger partial charge >= 0.3 is 29.6 Å². The van der Waals surface area contributed by atoms with E-state index in [-0.39, 0.29) is 35.6 Å². The van der Waals surface area contributed by atoms with E-state index in [0.717, 1.165) is 7.11 Å². The molecule has 0 aliphatic rings. The van der Waals surface area contributed by atoms with Gasteiger partial charge in [0.2, 0.25) is 0 Å². The Balaban J connectivity index is 0. The summed E-state index contributed by atoms with van der Waals surface area (Å²) in [7, 11) is 0.750. The quantitative estimate of drug-likeness (QED) is 0.490. The maximum Gasteiger partial charge on any atom is 1.00 e. The first-order valence-corrected chi connectivity index (χ1v) is 3.80. The summed E-state index contributed by atoms with van der Waals surface area (Å²) in [6.07, 6.45) is 1.48. The van der Waals surface area contributed by atoms with Gasteiger partial charge < -0.3 is 10.8 Å². The van der Waals surface area contributed by atoms with Gasteiger partial charge in [-0.3, -0.25) is 0 Å². The molecule has 0 aromatic carbocycles. The number of nitrogen functional groups attached to an aromatic ring is 1. The van der Waals surface area contributed by atoms with E-state index in [2.05, 4.69) is 5.10 Å². The van der Waals surface area contributed by atoms with Gasteiger partial charge in [0, 0.05) is 6.04 Å². The van der Waals surface area contributed by atoms with Crippen LogP contribution in [0.2, 0.25) is 0 Å². The molecular weight excluding hydrogens is 191 g/mol. The van der Waals surface area contributed by atoms with E-state index >= 15 is 0 Å². The maximum absolute atomic E-state index is 8.53. The van der Waals surface area contributed by atoms with Crippen LogP contribution in [0, 0.1) is 11.3 Å². The SMILES string of the molecule is CC(C)n1ncc(C#N)c1N.C[O-].[Na+]. The van der Waals surface area contributed by atoms with Gasteiger partial charge in [-0.1, -0.05) is 0 Å². The third-order valence-electron chi connectivity index (χ3n) is 1.44. The minimum Gasteiger partial charge on any atom is -0.857 e. The van der Waals surface area contributed by atoms with Crippen molar-refractivity contribution >= 4 is 5.82 Å². The standard InChI is InChI=1S/C7H10N4.CH3O.Na/c1-5(2)11-7(9)6(3-8)4-10-11;1-2;/h4-5H,9H2,1-2H3;1H3;/q;-1;+1. The van der Waals surface area contributed by atoms with Crippen LogP contribution in [-0.4, -0.2) is 16.9 Å². The van der Waals surface area contributed by atoms with Crippen molar-refractivity contribution in [3.63, 3.8) is 0 Å². The van der Waals surface area contributed by atoms with Crippen molar-refractivity contribution in [1.29, 1.82) is 5.26 Å². The zero-order chi connectivity index (χ0) is 10.4. The molecule has 1 aromatic rings. The molecular formula is C8H13N4NaO. The van der Waals surface area contributed by atoms with E-state index in [0.29, 0.717) is 11.4 Å². The molecule has 0 unspecified atom stereocenters. The largest absolute Gasteiger partial charge is 1.00 e. The molecule has 0 amide bonds. The van der Waals surface area contributed by atoms with E-state index in [1.807, 2.05) is 19.9 Å². The molecule has 1 rings (SSSR count). The summed E-state index contributed by atoms with van der Waals surface area (Å²) in [6, 6.07) is 2.17. The molecule has 0 atom stereocenters. The summed E-state index contributed by atoms with van der Waals surface area (Å²) in [5.74, 6) is 0.447. The molecule has 0 fully saturated rings. The van der Waals surface area contributed by atoms with Crippen molar-refractivity contribution in [1.82, 2.24) is 9.78 Å². The van der Waals surface area contributed by atoms with Gasteiger partial charge in [0.15, 0.2) is 0 Å². The monoisotopic (exact) mass is 204 g/mol. The molecule has 2 N–H and O–H groups in total. The number of nitrogens with zero attached hydrogens (tertiary/aromatic N) is 3. The summed E-state index contributed by atoms with van der Waals surface area (Å²) in [5.41, 5.74) is 6.04. The van der Waals surface area contributed by atoms with Crippen LogP contribution in [0.3, 0.4) is 0 Å². The number of hydrogen-bond acceptors (Lipinski definition) is 4. The van der Waals surface area contributed by atoms with E-state index in [1.54, 1.807) is 4.68 Å². The molecule has 72 valence electrons. The molecule has 0 saturated heterocycles. The fourth-order valence-electron chi connectivity index (χ4n) is 0.869. The third-order valence-corrected chi connectivity index (χ3v) is 1.44. The van der Waals surface area contributed by atoms with Crippen molar-refractivity contribution in [3.05, 3.63) is 11.8 Å². The fraction of sp³-hybridized carbons (Fsp3) is 0.500. The van der Waals surface area contributed by atoms with E-state index in [9.17, 15) is 0 Å². The Bertz CT molecular complexity index is 303. The average Bonchev–Trinajstić information content (AvgIpc) is 2.50. The van der Waals surface area contributed by atoms with Crippen LogP contribution >= 0.6 is 0 Å². The van der Waals surface area contributed by atoms with Crippen molar-refractivity contribution in [2.75, 3.05) is 12.8 Å². The van der Waals surface area contributed by atoms with Crippen molar-refractivity contribution in [2.24, 2.45) is 0 Å². The zero-order valence-electron chi connectivity index (χ0n) is 8.98. The minimum absolute atomic E-state index is 0. The molecule has 1 heterocycles. The van der Waals surface area contributed by atoms with Crippen LogP contribution in [0.1, 0.15) is 25.5 Å². The number of aromatic nitrogens is 2. The van der Waals surface area contributed by atoms with Crippen LogP contribution in [0.15, 0.2) is 6.20 Å². The van der Waals surface area contributed by atoms with Crippen molar-refractivity contribution in [2.45, 2.75) is 19.9 Å². The topological polar surface area (TPSA) is 90.7 Å². The average molecular weight is 204 g/mol. The molecule has 6 heteroatoms. The second-order valence-electron chi connectivity index (χ2n) is 2.59. The molecule has 0 saturated carbocycles. The predicted octanol–water partition coefficient (Wildman–Crippen LogP) is -3.10. The second-order valence-corrected chi connectivity index (χ2v) is 2.59. The molecule has 5 nitrogen and oxygen atoms in total. The molecule has 0 aliphatic heterocycles. The first-order chi connectivity index (χ1) is 6.16. The minimum atomic E-state index is 0. The van der Waals surface area contributed by atoms with E-state index in [4.69, 9.17) is 16.1 Å². The zero-order valence-corrected chi connectivity index (χ0v) is 11.0. The molecule has 1 aromatic heterocycles. The summed E-state index contributed by atoms with van der Waals surface area (Å²) < 4.78 is 1.62. The summed E-state index contributed by atoms with van der Waals surface area (Å²) >= 11 is 0.